The Morgan fingerprint density at radius 2 is 0.792 bits per heavy atom. The molecule has 2 aromatic heterocycles. The summed E-state index contributed by atoms with van der Waals surface area (Å²) in [5, 5.41) is 4.75. The Morgan fingerprint density at radius 1 is 0.325 bits per heavy atom. The molecule has 0 radical (unpaired) electrons. The average molecular weight is 994 g/mol. The van der Waals surface area contributed by atoms with Crippen LogP contribution in [0.25, 0.3) is 99.5 Å². The molecule has 0 atom stereocenters. The summed E-state index contributed by atoms with van der Waals surface area (Å²) in [6.45, 7) is 23.8. The Morgan fingerprint density at radius 3 is 1.47 bits per heavy atom. The number of anilines is 3. The fourth-order valence-corrected chi connectivity index (χ4v) is 15.5. The molecule has 0 N–H and O–H groups in total. The molecule has 4 aliphatic carbocycles. The highest BCUT2D eigenvalue weighted by atomic mass is 16.3. The largest absolute Gasteiger partial charge is 0.455 e. The second-order valence-electron chi connectivity index (χ2n) is 24.9. The Kier molecular flexibility index (Phi) is 8.59. The number of benzene rings is 10. The number of fused-ring (bicyclic) bond motifs is 22. The molecule has 16 rings (SSSR count). The minimum Gasteiger partial charge on any atom is -0.455 e. The zero-order valence-electron chi connectivity index (χ0n) is 45.5. The highest BCUT2D eigenvalue weighted by Crippen LogP contribution is 2.64. The molecule has 0 aliphatic heterocycles. The van der Waals surface area contributed by atoms with Gasteiger partial charge in [0.1, 0.15) is 22.3 Å². The lowest BCUT2D eigenvalue weighted by Crippen LogP contribution is -2.24. The normalized spacial score (nSPS) is 16.1. The topological polar surface area (TPSA) is 29.5 Å². The van der Waals surface area contributed by atoms with Gasteiger partial charge >= 0.3 is 0 Å². The summed E-state index contributed by atoms with van der Waals surface area (Å²) in [6, 6.07) is 66.3. The van der Waals surface area contributed by atoms with Gasteiger partial charge in [0.15, 0.2) is 0 Å². The number of para-hydroxylation sites is 2. The van der Waals surface area contributed by atoms with Gasteiger partial charge in [0.2, 0.25) is 0 Å². The van der Waals surface area contributed by atoms with Crippen LogP contribution in [0.15, 0.2) is 185 Å². The van der Waals surface area contributed by atoms with Gasteiger partial charge in [-0.3, -0.25) is 0 Å². The van der Waals surface area contributed by atoms with Crippen molar-refractivity contribution >= 4 is 60.9 Å². The molecule has 12 aromatic rings. The van der Waals surface area contributed by atoms with Crippen LogP contribution >= 0.6 is 0 Å². The summed E-state index contributed by atoms with van der Waals surface area (Å²) >= 11 is 0. The summed E-state index contributed by atoms with van der Waals surface area (Å²) in [4.78, 5) is 2.51. The van der Waals surface area contributed by atoms with Gasteiger partial charge in [-0.15, -0.1) is 0 Å². The van der Waals surface area contributed by atoms with Crippen molar-refractivity contribution < 1.29 is 8.83 Å². The number of furan rings is 2. The van der Waals surface area contributed by atoms with Crippen molar-refractivity contribution in [2.24, 2.45) is 0 Å². The second kappa shape index (κ2) is 14.7. The van der Waals surface area contributed by atoms with Gasteiger partial charge in [-0.1, -0.05) is 171 Å². The molecule has 2 heterocycles. The van der Waals surface area contributed by atoms with E-state index in [1.165, 1.54) is 122 Å². The molecule has 77 heavy (non-hydrogen) atoms. The van der Waals surface area contributed by atoms with Gasteiger partial charge in [-0.25, -0.2) is 0 Å². The summed E-state index contributed by atoms with van der Waals surface area (Å²) < 4.78 is 14.1. The fraction of sp³-hybridized carbons (Fsp3) is 0.189. The van der Waals surface area contributed by atoms with E-state index in [-0.39, 0.29) is 21.7 Å². The molecule has 0 bridgehead atoms. The van der Waals surface area contributed by atoms with Crippen molar-refractivity contribution in [3.8, 4) is 55.6 Å². The standard InChI is InChI=1S/C74H59NO2/c1-40-33-41(2)35-45(34-40)75(44-29-32-50-58(38-44)74(9,10)68-66(50)70-65(52-22-14-18-26-61(52)77-70)63-48-20-12-16-24-55(48)73(7,8)67(63)68)43-28-31-49-57(37-43)72(5,6)59-39-53(69-64(62(49)59)51-21-13-17-25-60(51)76-69)42-27-30-47-46-19-11-15-23-54(46)71(3,4)56(47)36-42/h11-39H,1-10H3. The van der Waals surface area contributed by atoms with Gasteiger partial charge in [-0.05, 0) is 175 Å². The molecule has 10 aromatic carbocycles. The summed E-state index contributed by atoms with van der Waals surface area (Å²) in [5.41, 5.74) is 32.2. The number of nitrogens with zero attached hydrogens (tertiary/aromatic N) is 1. The zero-order valence-corrected chi connectivity index (χ0v) is 45.5. The first kappa shape index (κ1) is 44.9. The summed E-state index contributed by atoms with van der Waals surface area (Å²) in [7, 11) is 0. The van der Waals surface area contributed by atoms with Crippen molar-refractivity contribution in [1.82, 2.24) is 0 Å². The summed E-state index contributed by atoms with van der Waals surface area (Å²) in [6.07, 6.45) is 0. The summed E-state index contributed by atoms with van der Waals surface area (Å²) in [5.74, 6) is 0. The van der Waals surface area contributed by atoms with E-state index < -0.39 is 0 Å². The Labute approximate surface area is 450 Å². The van der Waals surface area contributed by atoms with Gasteiger partial charge in [0.05, 0.1) is 0 Å². The third-order valence-electron chi connectivity index (χ3n) is 19.0. The molecule has 3 heteroatoms. The lowest BCUT2D eigenvalue weighted by Gasteiger charge is -2.32. The maximum atomic E-state index is 7.08. The van der Waals surface area contributed by atoms with E-state index in [2.05, 4.69) is 250 Å². The smallest absolute Gasteiger partial charge is 0.144 e. The van der Waals surface area contributed by atoms with E-state index in [0.717, 1.165) is 50.3 Å². The Balaban J connectivity index is 0.890. The minimum atomic E-state index is -0.345. The maximum absolute atomic E-state index is 7.08. The molecule has 0 amide bonds. The molecule has 3 nitrogen and oxygen atoms in total. The Hall–Kier alpha value is -8.40. The van der Waals surface area contributed by atoms with Crippen LogP contribution in [-0.4, -0.2) is 0 Å². The Bertz CT molecular complexity index is 4640. The van der Waals surface area contributed by atoms with Crippen LogP contribution < -0.4 is 4.90 Å². The van der Waals surface area contributed by atoms with E-state index in [4.69, 9.17) is 8.83 Å². The first-order chi connectivity index (χ1) is 37.0. The highest BCUT2D eigenvalue weighted by molar-refractivity contribution is 6.21. The monoisotopic (exact) mass is 993 g/mol. The van der Waals surface area contributed by atoms with E-state index in [1.807, 2.05) is 0 Å². The number of hydrogen-bond acceptors (Lipinski definition) is 3. The van der Waals surface area contributed by atoms with Crippen LogP contribution in [0.4, 0.5) is 17.1 Å². The second-order valence-corrected chi connectivity index (χ2v) is 24.9. The molecule has 0 saturated carbocycles. The van der Waals surface area contributed by atoms with E-state index in [1.54, 1.807) is 0 Å². The van der Waals surface area contributed by atoms with E-state index >= 15 is 0 Å². The number of aryl methyl sites for hydroxylation is 2. The van der Waals surface area contributed by atoms with Crippen LogP contribution in [0.2, 0.25) is 0 Å². The first-order valence-corrected chi connectivity index (χ1v) is 27.6. The molecule has 372 valence electrons. The minimum absolute atomic E-state index is 0.123. The van der Waals surface area contributed by atoms with Gasteiger partial charge < -0.3 is 13.7 Å². The van der Waals surface area contributed by atoms with Crippen LogP contribution in [0, 0.1) is 13.8 Å². The van der Waals surface area contributed by atoms with Crippen LogP contribution in [-0.2, 0) is 21.7 Å². The first-order valence-electron chi connectivity index (χ1n) is 27.6. The molecular formula is C74H59NO2. The molecule has 0 saturated heterocycles. The molecule has 4 aliphatic rings. The maximum Gasteiger partial charge on any atom is 0.144 e. The zero-order chi connectivity index (χ0) is 52.4. The van der Waals surface area contributed by atoms with Gasteiger partial charge in [-0.2, -0.15) is 0 Å². The number of hydrogen-bond donors (Lipinski definition) is 0. The van der Waals surface area contributed by atoms with Crippen molar-refractivity contribution in [3.05, 3.63) is 232 Å². The van der Waals surface area contributed by atoms with Crippen LogP contribution in [0.1, 0.15) is 111 Å². The van der Waals surface area contributed by atoms with Gasteiger partial charge in [0, 0.05) is 71.4 Å². The molecule has 0 fully saturated rings. The predicted octanol–water partition coefficient (Wildman–Crippen LogP) is 20.5. The lowest BCUT2D eigenvalue weighted by atomic mass is 9.72. The quantitative estimate of drug-likeness (QED) is 0.176. The molecular weight excluding hydrogens is 935 g/mol. The lowest BCUT2D eigenvalue weighted by molar-refractivity contribution is 0.600. The molecule has 0 spiro atoms. The van der Waals surface area contributed by atoms with E-state index in [0.29, 0.717) is 0 Å². The van der Waals surface area contributed by atoms with Gasteiger partial charge in [0.25, 0.3) is 0 Å². The van der Waals surface area contributed by atoms with Crippen molar-refractivity contribution in [1.29, 1.82) is 0 Å². The van der Waals surface area contributed by atoms with Crippen molar-refractivity contribution in [3.63, 3.8) is 0 Å². The van der Waals surface area contributed by atoms with Crippen molar-refractivity contribution in [2.75, 3.05) is 4.90 Å². The predicted molar refractivity (Wildman–Crippen MR) is 321 cm³/mol. The van der Waals surface area contributed by atoms with Crippen molar-refractivity contribution in [2.45, 2.75) is 90.9 Å². The third-order valence-corrected chi connectivity index (χ3v) is 19.0. The SMILES string of the molecule is Cc1cc(C)cc(N(c2ccc3c(c2)C(C)(C)c2cc(-c4ccc5c(c4)C(C)(C)c4ccccc4-5)c4oc5ccccc5c4c2-3)c2ccc3c(c2)C(C)(C)c2c4c(c5c(oc6ccccc65)c2-3)-c2ccccc2C4(C)C)c1. The third kappa shape index (κ3) is 5.67. The van der Waals surface area contributed by atoms with Crippen LogP contribution in [0.3, 0.4) is 0 Å². The molecule has 0 unspecified atom stereocenters. The highest BCUT2D eigenvalue weighted by Gasteiger charge is 2.49. The fourth-order valence-electron chi connectivity index (χ4n) is 15.5. The number of rotatable bonds is 4. The average Bonchev–Trinajstić information content (AvgIpc) is 3.87. The van der Waals surface area contributed by atoms with E-state index in [9.17, 15) is 0 Å². The van der Waals surface area contributed by atoms with Crippen LogP contribution in [0.5, 0.6) is 0 Å².